The van der Waals surface area contributed by atoms with Gasteiger partial charge in [-0.05, 0) is 28.0 Å². The van der Waals surface area contributed by atoms with Crippen LogP contribution in [0.1, 0.15) is 11.1 Å². The molecule has 0 radical (unpaired) electrons. The molecule has 3 rings (SSSR count). The Hall–Kier alpha value is -3.40. The number of ether oxygens (including phenoxy) is 1. The Bertz CT molecular complexity index is 927. The molecule has 0 aliphatic heterocycles. The van der Waals surface area contributed by atoms with E-state index in [0.29, 0.717) is 6.54 Å². The summed E-state index contributed by atoms with van der Waals surface area (Å²) in [7, 11) is 0. The first-order valence-electron chi connectivity index (χ1n) is 8.35. The maximum Gasteiger partial charge on any atom is 0.331 e. The van der Waals surface area contributed by atoms with Crippen molar-refractivity contribution in [2.75, 3.05) is 6.61 Å². The molecule has 0 aliphatic rings. The van der Waals surface area contributed by atoms with Gasteiger partial charge in [0.05, 0.1) is 0 Å². The summed E-state index contributed by atoms with van der Waals surface area (Å²) < 4.78 is 4.99. The molecule has 0 saturated carbocycles. The average molecular weight is 345 g/mol. The van der Waals surface area contributed by atoms with E-state index >= 15 is 0 Å². The summed E-state index contributed by atoms with van der Waals surface area (Å²) in [5, 5.41) is 4.87. The van der Waals surface area contributed by atoms with Crippen LogP contribution in [0.25, 0.3) is 16.8 Å². The number of amides is 1. The van der Waals surface area contributed by atoms with Crippen LogP contribution in [0.15, 0.2) is 78.9 Å². The Kier molecular flexibility index (Phi) is 5.78. The van der Waals surface area contributed by atoms with Gasteiger partial charge in [-0.3, -0.25) is 4.79 Å². The summed E-state index contributed by atoms with van der Waals surface area (Å²) in [6.45, 7) is 0.106. The van der Waals surface area contributed by atoms with E-state index in [1.165, 1.54) is 6.08 Å². The first-order valence-corrected chi connectivity index (χ1v) is 8.35. The molecule has 0 fully saturated rings. The topological polar surface area (TPSA) is 55.4 Å². The molecule has 0 atom stereocenters. The number of carbonyl (C=O) groups excluding carboxylic acids is 2. The molecule has 1 amide bonds. The van der Waals surface area contributed by atoms with Crippen molar-refractivity contribution in [1.82, 2.24) is 5.32 Å². The molecule has 0 unspecified atom stereocenters. The minimum Gasteiger partial charge on any atom is -0.452 e. The number of esters is 1. The lowest BCUT2D eigenvalue weighted by Gasteiger charge is -2.05. The third-order valence-corrected chi connectivity index (χ3v) is 3.90. The summed E-state index contributed by atoms with van der Waals surface area (Å²) in [6.07, 6.45) is 3.04. The fourth-order valence-corrected chi connectivity index (χ4v) is 2.59. The zero-order chi connectivity index (χ0) is 18.2. The summed E-state index contributed by atoms with van der Waals surface area (Å²) in [5.41, 5.74) is 1.91. The molecule has 3 aromatic rings. The molecule has 0 saturated heterocycles. The molecule has 0 heterocycles. The number of carbonyl (C=O) groups is 2. The number of hydrogen-bond donors (Lipinski definition) is 1. The predicted molar refractivity (Wildman–Crippen MR) is 102 cm³/mol. The summed E-state index contributed by atoms with van der Waals surface area (Å²) in [5.74, 6) is -0.881. The highest BCUT2D eigenvalue weighted by Gasteiger charge is 2.05. The first-order chi connectivity index (χ1) is 12.7. The molecule has 3 aromatic carbocycles. The first kappa shape index (κ1) is 17.4. The quantitative estimate of drug-likeness (QED) is 0.547. The fraction of sp³-hybridized carbons (Fsp3) is 0.0909. The number of nitrogens with one attached hydrogen (secondary N) is 1. The lowest BCUT2D eigenvalue weighted by atomic mass is 10.0. The highest BCUT2D eigenvalue weighted by atomic mass is 16.5. The van der Waals surface area contributed by atoms with Crippen molar-refractivity contribution in [2.24, 2.45) is 0 Å². The summed E-state index contributed by atoms with van der Waals surface area (Å²) in [6, 6.07) is 23.4. The van der Waals surface area contributed by atoms with Crippen LogP contribution in [0.3, 0.4) is 0 Å². The van der Waals surface area contributed by atoms with Gasteiger partial charge in [-0.15, -0.1) is 0 Å². The van der Waals surface area contributed by atoms with Gasteiger partial charge in [-0.1, -0.05) is 72.8 Å². The standard InChI is InChI=1S/C22H19NO3/c24-21(23-15-17-7-2-1-3-8-17)16-26-22(25)14-13-19-11-6-10-18-9-4-5-12-20(18)19/h1-14H,15-16H2,(H,23,24). The molecule has 0 aliphatic carbocycles. The van der Waals surface area contributed by atoms with E-state index in [1.54, 1.807) is 6.08 Å². The average Bonchev–Trinajstić information content (AvgIpc) is 2.70. The number of fused-ring (bicyclic) bond motifs is 1. The monoisotopic (exact) mass is 345 g/mol. The number of hydrogen-bond acceptors (Lipinski definition) is 3. The SMILES string of the molecule is O=C(COC(=O)C=Cc1cccc2ccccc12)NCc1ccccc1. The molecule has 0 bridgehead atoms. The predicted octanol–water partition coefficient (Wildman–Crippen LogP) is 3.71. The van der Waals surface area contributed by atoms with Gasteiger partial charge in [0.2, 0.25) is 0 Å². The Labute approximate surface area is 152 Å². The van der Waals surface area contributed by atoms with E-state index < -0.39 is 5.97 Å². The van der Waals surface area contributed by atoms with Crippen molar-refractivity contribution in [1.29, 1.82) is 0 Å². The van der Waals surface area contributed by atoms with Crippen LogP contribution in [-0.4, -0.2) is 18.5 Å². The van der Waals surface area contributed by atoms with Crippen molar-refractivity contribution < 1.29 is 14.3 Å². The van der Waals surface area contributed by atoms with Gasteiger partial charge in [0.25, 0.3) is 5.91 Å². The Morgan fingerprint density at radius 3 is 2.46 bits per heavy atom. The van der Waals surface area contributed by atoms with E-state index in [2.05, 4.69) is 5.32 Å². The zero-order valence-electron chi connectivity index (χ0n) is 14.2. The normalized spacial score (nSPS) is 10.8. The van der Waals surface area contributed by atoms with Crippen LogP contribution in [0.5, 0.6) is 0 Å². The molecular formula is C22H19NO3. The van der Waals surface area contributed by atoms with Crippen molar-refractivity contribution in [3.63, 3.8) is 0 Å². The largest absolute Gasteiger partial charge is 0.452 e. The van der Waals surface area contributed by atoms with Gasteiger partial charge in [0.15, 0.2) is 6.61 Å². The molecule has 0 aromatic heterocycles. The van der Waals surface area contributed by atoms with Crippen molar-refractivity contribution in [3.05, 3.63) is 90.0 Å². The number of rotatable bonds is 6. The fourth-order valence-electron chi connectivity index (χ4n) is 2.59. The molecule has 4 nitrogen and oxygen atoms in total. The minimum atomic E-state index is -0.548. The highest BCUT2D eigenvalue weighted by Crippen LogP contribution is 2.19. The molecular weight excluding hydrogens is 326 g/mol. The molecule has 1 N–H and O–H groups in total. The van der Waals surface area contributed by atoms with E-state index in [-0.39, 0.29) is 12.5 Å². The van der Waals surface area contributed by atoms with Gasteiger partial charge in [0.1, 0.15) is 0 Å². The minimum absolute atomic E-state index is 0.300. The van der Waals surface area contributed by atoms with Crippen molar-refractivity contribution in [3.8, 4) is 0 Å². The van der Waals surface area contributed by atoms with Gasteiger partial charge in [-0.2, -0.15) is 0 Å². The van der Waals surface area contributed by atoms with E-state index in [9.17, 15) is 9.59 Å². The lowest BCUT2D eigenvalue weighted by Crippen LogP contribution is -2.28. The third-order valence-electron chi connectivity index (χ3n) is 3.90. The molecule has 0 spiro atoms. The zero-order valence-corrected chi connectivity index (χ0v) is 14.2. The van der Waals surface area contributed by atoms with Crippen LogP contribution >= 0.6 is 0 Å². The summed E-state index contributed by atoms with van der Waals surface area (Å²) in [4.78, 5) is 23.6. The Balaban J connectivity index is 1.50. The maximum atomic E-state index is 11.8. The molecule has 4 heteroatoms. The van der Waals surface area contributed by atoms with Gasteiger partial charge in [-0.25, -0.2) is 4.79 Å². The van der Waals surface area contributed by atoms with Crippen LogP contribution in [0, 0.1) is 0 Å². The van der Waals surface area contributed by atoms with E-state index in [1.807, 2.05) is 72.8 Å². The van der Waals surface area contributed by atoms with E-state index in [4.69, 9.17) is 4.74 Å². The number of benzene rings is 3. The van der Waals surface area contributed by atoms with Crippen LogP contribution in [0.4, 0.5) is 0 Å². The third kappa shape index (κ3) is 4.80. The van der Waals surface area contributed by atoms with Crippen molar-refractivity contribution in [2.45, 2.75) is 6.54 Å². The second kappa shape index (κ2) is 8.62. The van der Waals surface area contributed by atoms with Crippen LogP contribution in [-0.2, 0) is 20.9 Å². The summed E-state index contributed by atoms with van der Waals surface area (Å²) >= 11 is 0. The maximum absolute atomic E-state index is 11.8. The molecule has 26 heavy (non-hydrogen) atoms. The van der Waals surface area contributed by atoms with Gasteiger partial charge >= 0.3 is 5.97 Å². The second-order valence-electron chi connectivity index (χ2n) is 5.77. The van der Waals surface area contributed by atoms with Crippen LogP contribution in [0.2, 0.25) is 0 Å². The lowest BCUT2D eigenvalue weighted by molar-refractivity contribution is -0.143. The smallest absolute Gasteiger partial charge is 0.331 e. The highest BCUT2D eigenvalue weighted by molar-refractivity contribution is 5.95. The van der Waals surface area contributed by atoms with Gasteiger partial charge < -0.3 is 10.1 Å². The van der Waals surface area contributed by atoms with Crippen LogP contribution < -0.4 is 5.32 Å². The van der Waals surface area contributed by atoms with Gasteiger partial charge in [0, 0.05) is 12.6 Å². The Morgan fingerprint density at radius 2 is 1.62 bits per heavy atom. The van der Waals surface area contributed by atoms with E-state index in [0.717, 1.165) is 21.9 Å². The molecule has 130 valence electrons. The second-order valence-corrected chi connectivity index (χ2v) is 5.77. The van der Waals surface area contributed by atoms with Crippen molar-refractivity contribution >= 4 is 28.7 Å². The Morgan fingerprint density at radius 1 is 0.885 bits per heavy atom.